The minimum absolute atomic E-state index is 0.293. The number of nitrogens with one attached hydrogen (secondary N) is 2. The molecule has 0 aromatic carbocycles. The molecule has 3 heteroatoms. The third-order valence-corrected chi connectivity index (χ3v) is 1.99. The molecule has 0 radical (unpaired) electrons. The van der Waals surface area contributed by atoms with Crippen LogP contribution in [0.3, 0.4) is 0 Å². The van der Waals surface area contributed by atoms with Crippen molar-refractivity contribution in [2.45, 2.75) is 13.0 Å². The average Bonchev–Trinajstić information content (AvgIpc) is 2.03. The van der Waals surface area contributed by atoms with Crippen LogP contribution in [0.15, 0.2) is 24.9 Å². The Morgan fingerprint density at radius 2 is 2.55 bits per heavy atom. The molecule has 0 bridgehead atoms. The zero-order chi connectivity index (χ0) is 8.27. The van der Waals surface area contributed by atoms with Crippen LogP contribution in [0.5, 0.6) is 0 Å². The highest BCUT2D eigenvalue weighted by atomic mass is 32.1. The van der Waals surface area contributed by atoms with Gasteiger partial charge in [0.2, 0.25) is 0 Å². The van der Waals surface area contributed by atoms with Crippen LogP contribution in [0, 0.1) is 5.92 Å². The molecular formula is C8H12N2S. The van der Waals surface area contributed by atoms with Crippen LogP contribution in [0.1, 0.15) is 6.92 Å². The molecular weight excluding hydrogens is 156 g/mol. The summed E-state index contributed by atoms with van der Waals surface area (Å²) in [6.07, 6.45) is 5.82. The van der Waals surface area contributed by atoms with Gasteiger partial charge in [0.25, 0.3) is 0 Å². The molecule has 2 N–H and O–H groups in total. The molecule has 1 rings (SSSR count). The molecule has 0 amide bonds. The molecule has 2 unspecified atom stereocenters. The largest absolute Gasteiger partial charge is 0.356 e. The molecule has 0 aliphatic carbocycles. The molecule has 1 heterocycles. The fourth-order valence-electron chi connectivity index (χ4n) is 0.922. The van der Waals surface area contributed by atoms with Crippen molar-refractivity contribution in [1.29, 1.82) is 0 Å². The first-order valence-electron chi connectivity index (χ1n) is 3.60. The molecule has 0 aromatic rings. The number of hydrogen-bond acceptors (Lipinski definition) is 1. The van der Waals surface area contributed by atoms with Crippen LogP contribution >= 0.6 is 12.2 Å². The Kier molecular flexibility index (Phi) is 2.65. The Bertz CT molecular complexity index is 198. The van der Waals surface area contributed by atoms with E-state index in [4.69, 9.17) is 12.2 Å². The summed E-state index contributed by atoms with van der Waals surface area (Å²) in [6, 6.07) is 0.293. The van der Waals surface area contributed by atoms with Gasteiger partial charge in [-0.2, -0.15) is 0 Å². The monoisotopic (exact) mass is 168 g/mol. The van der Waals surface area contributed by atoms with Crippen molar-refractivity contribution in [1.82, 2.24) is 10.6 Å². The topological polar surface area (TPSA) is 24.1 Å². The summed E-state index contributed by atoms with van der Waals surface area (Å²) in [6.45, 7) is 5.82. The molecule has 2 atom stereocenters. The van der Waals surface area contributed by atoms with Crippen LogP contribution < -0.4 is 10.6 Å². The van der Waals surface area contributed by atoms with Crippen molar-refractivity contribution in [3.05, 3.63) is 24.9 Å². The van der Waals surface area contributed by atoms with E-state index in [1.165, 1.54) is 0 Å². The van der Waals surface area contributed by atoms with Gasteiger partial charge in [-0.3, -0.25) is 0 Å². The SMILES string of the molecule is C=CC(C)C1C=CNC(=S)N1. The highest BCUT2D eigenvalue weighted by Gasteiger charge is 2.14. The molecule has 0 saturated heterocycles. The fraction of sp³-hybridized carbons (Fsp3) is 0.375. The third kappa shape index (κ3) is 2.05. The van der Waals surface area contributed by atoms with Gasteiger partial charge in [0.15, 0.2) is 5.11 Å². The number of thiocarbonyl (C=S) groups is 1. The third-order valence-electron chi connectivity index (χ3n) is 1.75. The summed E-state index contributed by atoms with van der Waals surface area (Å²) in [7, 11) is 0. The summed E-state index contributed by atoms with van der Waals surface area (Å²) in [5.74, 6) is 0.409. The lowest BCUT2D eigenvalue weighted by Crippen LogP contribution is -2.45. The quantitative estimate of drug-likeness (QED) is 0.478. The van der Waals surface area contributed by atoms with Gasteiger partial charge in [0.1, 0.15) is 0 Å². The smallest absolute Gasteiger partial charge is 0.170 e. The van der Waals surface area contributed by atoms with Crippen LogP contribution in [-0.4, -0.2) is 11.2 Å². The maximum atomic E-state index is 4.94. The second kappa shape index (κ2) is 3.53. The first-order chi connectivity index (χ1) is 5.24. The Balaban J connectivity index is 2.59. The minimum atomic E-state index is 0.293. The Hall–Kier alpha value is -0.830. The van der Waals surface area contributed by atoms with Crippen molar-refractivity contribution >= 4 is 17.3 Å². The van der Waals surface area contributed by atoms with Crippen molar-refractivity contribution in [2.75, 3.05) is 0 Å². The van der Waals surface area contributed by atoms with Crippen molar-refractivity contribution < 1.29 is 0 Å². The maximum absolute atomic E-state index is 4.94. The Labute approximate surface area is 72.4 Å². The summed E-state index contributed by atoms with van der Waals surface area (Å²) >= 11 is 4.94. The molecule has 0 fully saturated rings. The zero-order valence-electron chi connectivity index (χ0n) is 6.50. The van der Waals surface area contributed by atoms with Crippen LogP contribution in [0.4, 0.5) is 0 Å². The van der Waals surface area contributed by atoms with E-state index in [1.54, 1.807) is 0 Å². The normalized spacial score (nSPS) is 25.2. The zero-order valence-corrected chi connectivity index (χ0v) is 7.32. The van der Waals surface area contributed by atoms with Gasteiger partial charge >= 0.3 is 0 Å². The number of hydrogen-bond donors (Lipinski definition) is 2. The second-order valence-electron chi connectivity index (χ2n) is 2.60. The van der Waals surface area contributed by atoms with Gasteiger partial charge in [0.05, 0.1) is 6.04 Å². The first-order valence-corrected chi connectivity index (χ1v) is 4.01. The molecule has 60 valence electrons. The molecule has 2 nitrogen and oxygen atoms in total. The minimum Gasteiger partial charge on any atom is -0.356 e. The lowest BCUT2D eigenvalue weighted by Gasteiger charge is -2.24. The lowest BCUT2D eigenvalue weighted by molar-refractivity contribution is 0.569. The van der Waals surface area contributed by atoms with E-state index in [9.17, 15) is 0 Å². The van der Waals surface area contributed by atoms with E-state index in [2.05, 4.69) is 24.1 Å². The van der Waals surface area contributed by atoms with Gasteiger partial charge < -0.3 is 10.6 Å². The van der Waals surface area contributed by atoms with E-state index < -0.39 is 0 Å². The van der Waals surface area contributed by atoms with Crippen LogP contribution in [-0.2, 0) is 0 Å². The predicted octanol–water partition coefficient (Wildman–Crippen LogP) is 1.17. The summed E-state index contributed by atoms with van der Waals surface area (Å²) < 4.78 is 0. The van der Waals surface area contributed by atoms with Gasteiger partial charge in [-0.05, 0) is 24.2 Å². The van der Waals surface area contributed by atoms with Crippen LogP contribution in [0.25, 0.3) is 0 Å². The highest BCUT2D eigenvalue weighted by molar-refractivity contribution is 7.80. The summed E-state index contributed by atoms with van der Waals surface area (Å²) in [4.78, 5) is 0. The van der Waals surface area contributed by atoms with Crippen molar-refractivity contribution in [3.8, 4) is 0 Å². The van der Waals surface area contributed by atoms with Crippen LogP contribution in [0.2, 0.25) is 0 Å². The molecule has 0 saturated carbocycles. The molecule has 1 aliphatic heterocycles. The fourth-order valence-corrected chi connectivity index (χ4v) is 1.13. The Morgan fingerprint density at radius 1 is 1.82 bits per heavy atom. The summed E-state index contributed by atoms with van der Waals surface area (Å²) in [5, 5.41) is 6.71. The maximum Gasteiger partial charge on any atom is 0.170 e. The predicted molar refractivity (Wildman–Crippen MR) is 51.2 cm³/mol. The van der Waals surface area contributed by atoms with Gasteiger partial charge in [0, 0.05) is 6.20 Å². The van der Waals surface area contributed by atoms with E-state index in [-0.39, 0.29) is 0 Å². The standard InChI is InChI=1S/C8H12N2S/c1-3-6(2)7-4-5-9-8(11)10-7/h3-7H,1H2,2H3,(H2,9,10,11). The van der Waals surface area contributed by atoms with E-state index in [1.807, 2.05) is 18.4 Å². The van der Waals surface area contributed by atoms with Gasteiger partial charge in [-0.15, -0.1) is 6.58 Å². The van der Waals surface area contributed by atoms with Gasteiger partial charge in [-0.1, -0.05) is 13.0 Å². The lowest BCUT2D eigenvalue weighted by atomic mass is 10.0. The van der Waals surface area contributed by atoms with Crippen molar-refractivity contribution in [2.24, 2.45) is 5.92 Å². The molecule has 11 heavy (non-hydrogen) atoms. The molecule has 1 aliphatic rings. The molecule has 0 aromatic heterocycles. The number of rotatable bonds is 2. The van der Waals surface area contributed by atoms with E-state index in [0.29, 0.717) is 17.1 Å². The average molecular weight is 168 g/mol. The summed E-state index contributed by atoms with van der Waals surface area (Å²) in [5.41, 5.74) is 0. The Morgan fingerprint density at radius 3 is 3.09 bits per heavy atom. The van der Waals surface area contributed by atoms with Gasteiger partial charge in [-0.25, -0.2) is 0 Å². The van der Waals surface area contributed by atoms with E-state index in [0.717, 1.165) is 0 Å². The van der Waals surface area contributed by atoms with Crippen molar-refractivity contribution in [3.63, 3.8) is 0 Å². The highest BCUT2D eigenvalue weighted by Crippen LogP contribution is 2.06. The van der Waals surface area contributed by atoms with E-state index >= 15 is 0 Å². The first kappa shape index (κ1) is 8.27. The second-order valence-corrected chi connectivity index (χ2v) is 3.01. The molecule has 0 spiro atoms.